The minimum atomic E-state index is -0.0299. The van der Waals surface area contributed by atoms with Crippen molar-refractivity contribution in [2.45, 2.75) is 0 Å². The highest BCUT2D eigenvalue weighted by atomic mass is 16.3. The molecule has 0 fully saturated rings. The lowest BCUT2D eigenvalue weighted by Crippen LogP contribution is -2.04. The van der Waals surface area contributed by atoms with Crippen LogP contribution in [0.2, 0.25) is 0 Å². The minimum absolute atomic E-state index is 0.0299. The molecule has 3 aromatic heterocycles. The van der Waals surface area contributed by atoms with E-state index in [1.165, 1.54) is 0 Å². The number of aromatic nitrogens is 1. The van der Waals surface area contributed by atoms with Crippen molar-refractivity contribution in [1.29, 1.82) is 0 Å². The summed E-state index contributed by atoms with van der Waals surface area (Å²) in [5.74, 6) is 0. The van der Waals surface area contributed by atoms with Crippen LogP contribution < -0.4 is 5.43 Å². The van der Waals surface area contributed by atoms with Crippen LogP contribution >= 0.6 is 0 Å². The summed E-state index contributed by atoms with van der Waals surface area (Å²) in [4.78, 5) is 13.9. The van der Waals surface area contributed by atoms with Gasteiger partial charge in [0.15, 0.2) is 0 Å². The molecule has 4 nitrogen and oxygen atoms in total. The van der Waals surface area contributed by atoms with Gasteiger partial charge in [-0.15, -0.1) is 0 Å². The molecule has 4 heteroatoms. The Morgan fingerprint density at radius 3 is 2.10 bits per heavy atom. The van der Waals surface area contributed by atoms with Crippen molar-refractivity contribution >= 4 is 65.7 Å². The predicted octanol–water partition coefficient (Wildman–Crippen LogP) is 9.61. The van der Waals surface area contributed by atoms with Crippen LogP contribution in [0.3, 0.4) is 0 Å². The number of hydrogen-bond donors (Lipinski definition) is 0. The van der Waals surface area contributed by atoms with Gasteiger partial charge < -0.3 is 13.4 Å². The molecule has 9 rings (SSSR count). The van der Waals surface area contributed by atoms with Crippen LogP contribution in [0, 0.1) is 0 Å². The summed E-state index contributed by atoms with van der Waals surface area (Å²) in [6.07, 6.45) is 0. The molecular formula is C37H21NO3. The molecule has 0 aliphatic rings. The second-order valence-electron chi connectivity index (χ2n) is 10.4. The second kappa shape index (κ2) is 8.20. The molecule has 0 saturated heterocycles. The number of hydrogen-bond acceptors (Lipinski definition) is 3. The fraction of sp³-hybridized carbons (Fsp3) is 0. The molecule has 9 aromatic rings. The van der Waals surface area contributed by atoms with E-state index in [-0.39, 0.29) is 5.43 Å². The lowest BCUT2D eigenvalue weighted by Gasteiger charge is -2.11. The van der Waals surface area contributed by atoms with Gasteiger partial charge >= 0.3 is 0 Å². The number of rotatable bonds is 2. The van der Waals surface area contributed by atoms with Crippen molar-refractivity contribution in [3.8, 4) is 16.8 Å². The third-order valence-corrected chi connectivity index (χ3v) is 8.20. The van der Waals surface area contributed by atoms with Gasteiger partial charge in [0.05, 0.1) is 27.2 Å². The SMILES string of the molecule is O=c1c2ccc(-n3c4ccccc4c4ccc5oc6ccccc6c5c43)cc2oc2cccc(-c3ccccc3)c12. The van der Waals surface area contributed by atoms with E-state index in [1.54, 1.807) is 0 Å². The van der Waals surface area contributed by atoms with Crippen LogP contribution in [0.5, 0.6) is 0 Å². The van der Waals surface area contributed by atoms with E-state index >= 15 is 0 Å². The Kier molecular flexibility index (Phi) is 4.44. The summed E-state index contributed by atoms with van der Waals surface area (Å²) in [5, 5.41) is 5.60. The first-order valence-electron chi connectivity index (χ1n) is 13.6. The van der Waals surface area contributed by atoms with Gasteiger partial charge in [-0.1, -0.05) is 78.9 Å². The summed E-state index contributed by atoms with van der Waals surface area (Å²) >= 11 is 0. The molecule has 0 saturated carbocycles. The zero-order valence-corrected chi connectivity index (χ0v) is 21.8. The van der Waals surface area contributed by atoms with E-state index in [0.29, 0.717) is 21.9 Å². The first kappa shape index (κ1) is 22.2. The van der Waals surface area contributed by atoms with E-state index in [1.807, 2.05) is 84.9 Å². The highest BCUT2D eigenvalue weighted by molar-refractivity contribution is 6.24. The Morgan fingerprint density at radius 1 is 0.488 bits per heavy atom. The summed E-state index contributed by atoms with van der Waals surface area (Å²) in [7, 11) is 0. The van der Waals surface area contributed by atoms with Crippen LogP contribution in [0.25, 0.3) is 82.5 Å². The van der Waals surface area contributed by atoms with Crippen molar-refractivity contribution in [2.24, 2.45) is 0 Å². The first-order valence-corrected chi connectivity index (χ1v) is 13.6. The number of para-hydroxylation sites is 2. The van der Waals surface area contributed by atoms with Crippen molar-refractivity contribution in [2.75, 3.05) is 0 Å². The van der Waals surface area contributed by atoms with Crippen LogP contribution in [-0.4, -0.2) is 4.57 Å². The molecule has 3 heterocycles. The number of benzene rings is 6. The predicted molar refractivity (Wildman–Crippen MR) is 167 cm³/mol. The zero-order valence-electron chi connectivity index (χ0n) is 21.8. The molecule has 0 N–H and O–H groups in total. The maximum Gasteiger partial charge on any atom is 0.201 e. The molecule has 192 valence electrons. The molecular weight excluding hydrogens is 506 g/mol. The monoisotopic (exact) mass is 527 g/mol. The summed E-state index contributed by atoms with van der Waals surface area (Å²) in [5.41, 5.74) is 7.73. The third kappa shape index (κ3) is 3.07. The Morgan fingerprint density at radius 2 is 1.20 bits per heavy atom. The standard InChI is InChI=1S/C37H21NO3/c39-37-28-18-17-23(21-33(28)41-31-16-8-13-24(35(31)37)22-9-2-1-3-10-22)38-29-14-6-4-11-25(29)26-19-20-32-34(36(26)38)27-12-5-7-15-30(27)40-32/h1-21H. The van der Waals surface area contributed by atoms with Crippen LogP contribution in [0.1, 0.15) is 0 Å². The van der Waals surface area contributed by atoms with Crippen LogP contribution in [0.15, 0.2) is 141 Å². The minimum Gasteiger partial charge on any atom is -0.456 e. The van der Waals surface area contributed by atoms with E-state index in [2.05, 4.69) is 47.0 Å². The lowest BCUT2D eigenvalue weighted by atomic mass is 10.00. The Hall–Kier alpha value is -5.61. The molecule has 0 amide bonds. The number of fused-ring (bicyclic) bond motifs is 9. The van der Waals surface area contributed by atoms with Crippen LogP contribution in [0.4, 0.5) is 0 Å². The van der Waals surface area contributed by atoms with Gasteiger partial charge in [0.25, 0.3) is 0 Å². The largest absolute Gasteiger partial charge is 0.456 e. The van der Waals surface area contributed by atoms with Gasteiger partial charge in [0, 0.05) is 27.9 Å². The molecule has 0 spiro atoms. The first-order chi connectivity index (χ1) is 20.3. The topological polar surface area (TPSA) is 48.3 Å². The lowest BCUT2D eigenvalue weighted by molar-refractivity contribution is 0.660. The molecule has 0 atom stereocenters. The van der Waals surface area contributed by atoms with Gasteiger partial charge in [0.2, 0.25) is 5.43 Å². The smallest absolute Gasteiger partial charge is 0.201 e. The highest BCUT2D eigenvalue weighted by Gasteiger charge is 2.20. The highest BCUT2D eigenvalue weighted by Crippen LogP contribution is 2.41. The van der Waals surface area contributed by atoms with E-state index in [0.717, 1.165) is 60.6 Å². The van der Waals surface area contributed by atoms with Gasteiger partial charge in [0.1, 0.15) is 22.3 Å². The second-order valence-corrected chi connectivity index (χ2v) is 10.4. The van der Waals surface area contributed by atoms with Crippen molar-refractivity contribution in [3.05, 3.63) is 138 Å². The summed E-state index contributed by atoms with van der Waals surface area (Å²) < 4.78 is 15.0. The van der Waals surface area contributed by atoms with Crippen molar-refractivity contribution in [3.63, 3.8) is 0 Å². The number of furan rings is 1. The summed E-state index contributed by atoms with van der Waals surface area (Å²) in [6, 6.07) is 42.4. The van der Waals surface area contributed by atoms with Crippen molar-refractivity contribution in [1.82, 2.24) is 4.57 Å². The molecule has 6 aromatic carbocycles. The molecule has 0 aliphatic heterocycles. The molecule has 0 aliphatic carbocycles. The van der Waals surface area contributed by atoms with E-state index in [4.69, 9.17) is 8.83 Å². The molecule has 0 unspecified atom stereocenters. The normalized spacial score (nSPS) is 12.0. The fourth-order valence-corrected chi connectivity index (χ4v) is 6.42. The molecule has 0 bridgehead atoms. The average molecular weight is 528 g/mol. The van der Waals surface area contributed by atoms with Crippen LogP contribution in [-0.2, 0) is 0 Å². The Labute approximate surface area is 233 Å². The molecule has 41 heavy (non-hydrogen) atoms. The Bertz CT molecular complexity index is 2550. The summed E-state index contributed by atoms with van der Waals surface area (Å²) in [6.45, 7) is 0. The molecule has 0 radical (unpaired) electrons. The number of nitrogens with zero attached hydrogens (tertiary/aromatic N) is 1. The maximum atomic E-state index is 13.9. The van der Waals surface area contributed by atoms with Gasteiger partial charge in [-0.2, -0.15) is 0 Å². The van der Waals surface area contributed by atoms with Gasteiger partial charge in [-0.05, 0) is 53.6 Å². The Balaban J connectivity index is 1.38. The van der Waals surface area contributed by atoms with E-state index in [9.17, 15) is 4.79 Å². The van der Waals surface area contributed by atoms with Gasteiger partial charge in [-0.3, -0.25) is 4.79 Å². The maximum absolute atomic E-state index is 13.9. The quantitative estimate of drug-likeness (QED) is 0.210. The van der Waals surface area contributed by atoms with E-state index < -0.39 is 0 Å². The van der Waals surface area contributed by atoms with Crippen molar-refractivity contribution < 1.29 is 8.83 Å². The fourth-order valence-electron chi connectivity index (χ4n) is 6.42. The van der Waals surface area contributed by atoms with Gasteiger partial charge in [-0.25, -0.2) is 0 Å². The zero-order chi connectivity index (χ0) is 27.1. The average Bonchev–Trinajstić information content (AvgIpc) is 3.57. The third-order valence-electron chi connectivity index (χ3n) is 8.20.